The van der Waals surface area contributed by atoms with Crippen molar-refractivity contribution < 1.29 is 9.47 Å². The van der Waals surface area contributed by atoms with Gasteiger partial charge in [0.15, 0.2) is 0 Å². The Hall–Kier alpha value is -1.49. The van der Waals surface area contributed by atoms with Crippen LogP contribution in [0, 0.1) is 0 Å². The van der Waals surface area contributed by atoms with Crippen molar-refractivity contribution in [2.75, 3.05) is 39.6 Å². The van der Waals surface area contributed by atoms with Crippen LogP contribution >= 0.6 is 0 Å². The first-order valence-corrected chi connectivity index (χ1v) is 5.80. The maximum atomic E-state index is 5.72. The molecule has 1 aromatic heterocycles. The lowest BCUT2D eigenvalue weighted by molar-refractivity contribution is 0.265. The first-order chi connectivity index (χ1) is 8.13. The lowest BCUT2D eigenvalue weighted by Gasteiger charge is -2.11. The zero-order chi connectivity index (χ0) is 12.7. The largest absolute Gasteiger partial charge is 0.478 e. The number of nitrogens with zero attached hydrogens (tertiary/aromatic N) is 2. The third-order valence-corrected chi connectivity index (χ3v) is 2.14. The Labute approximate surface area is 103 Å². The van der Waals surface area contributed by atoms with Gasteiger partial charge in [-0.3, -0.25) is 0 Å². The van der Waals surface area contributed by atoms with Crippen molar-refractivity contribution in [3.05, 3.63) is 12.1 Å². The number of pyridine rings is 1. The van der Waals surface area contributed by atoms with Gasteiger partial charge in [-0.25, -0.2) is 0 Å². The normalized spacial score (nSPS) is 10.6. The molecule has 17 heavy (non-hydrogen) atoms. The quantitative estimate of drug-likeness (QED) is 0.729. The fourth-order valence-corrected chi connectivity index (χ4v) is 1.32. The van der Waals surface area contributed by atoms with Crippen LogP contribution in [-0.4, -0.2) is 43.7 Å². The van der Waals surface area contributed by atoms with Gasteiger partial charge in [-0.1, -0.05) is 0 Å². The van der Waals surface area contributed by atoms with Gasteiger partial charge in [0.25, 0.3) is 0 Å². The van der Waals surface area contributed by atoms with Crippen molar-refractivity contribution in [2.45, 2.75) is 13.3 Å². The highest BCUT2D eigenvalue weighted by atomic mass is 16.5. The Bertz CT molecular complexity index is 343. The van der Waals surface area contributed by atoms with E-state index in [0.29, 0.717) is 30.7 Å². The molecule has 96 valence electrons. The highest BCUT2D eigenvalue weighted by Crippen LogP contribution is 2.21. The van der Waals surface area contributed by atoms with E-state index in [2.05, 4.69) is 9.88 Å². The molecule has 2 N–H and O–H groups in total. The SMILES string of the molecule is CCOc1nc(OCCCN(C)C)ccc1N. The molecule has 0 spiro atoms. The average Bonchev–Trinajstić information content (AvgIpc) is 2.28. The molecular formula is C12H21N3O2. The number of nitrogens with two attached hydrogens (primary N) is 1. The van der Waals surface area contributed by atoms with E-state index >= 15 is 0 Å². The van der Waals surface area contributed by atoms with Crippen molar-refractivity contribution in [3.8, 4) is 11.8 Å². The molecule has 0 saturated carbocycles. The number of ether oxygens (including phenoxy) is 2. The van der Waals surface area contributed by atoms with E-state index in [-0.39, 0.29) is 0 Å². The van der Waals surface area contributed by atoms with Crippen LogP contribution in [0.4, 0.5) is 5.69 Å². The second-order valence-corrected chi connectivity index (χ2v) is 3.98. The number of hydrogen-bond acceptors (Lipinski definition) is 5. The van der Waals surface area contributed by atoms with Gasteiger partial charge in [0.2, 0.25) is 11.8 Å². The minimum atomic E-state index is 0.442. The van der Waals surface area contributed by atoms with E-state index in [0.717, 1.165) is 13.0 Å². The Morgan fingerprint density at radius 3 is 2.71 bits per heavy atom. The zero-order valence-electron chi connectivity index (χ0n) is 10.8. The Morgan fingerprint density at radius 2 is 2.06 bits per heavy atom. The predicted molar refractivity (Wildman–Crippen MR) is 68.5 cm³/mol. The smallest absolute Gasteiger partial charge is 0.240 e. The summed E-state index contributed by atoms with van der Waals surface area (Å²) in [6, 6.07) is 3.51. The molecule has 5 nitrogen and oxygen atoms in total. The number of anilines is 1. The van der Waals surface area contributed by atoms with Gasteiger partial charge in [-0.05, 0) is 33.5 Å². The summed E-state index contributed by atoms with van der Waals surface area (Å²) in [4.78, 5) is 6.31. The lowest BCUT2D eigenvalue weighted by atomic mass is 10.4. The fourth-order valence-electron chi connectivity index (χ4n) is 1.32. The number of hydrogen-bond donors (Lipinski definition) is 1. The maximum absolute atomic E-state index is 5.72. The Balaban J connectivity index is 2.45. The van der Waals surface area contributed by atoms with Crippen LogP contribution in [0.15, 0.2) is 12.1 Å². The van der Waals surface area contributed by atoms with E-state index in [1.165, 1.54) is 0 Å². The van der Waals surface area contributed by atoms with E-state index in [9.17, 15) is 0 Å². The van der Waals surface area contributed by atoms with E-state index in [1.54, 1.807) is 12.1 Å². The summed E-state index contributed by atoms with van der Waals surface area (Å²) >= 11 is 0. The highest BCUT2D eigenvalue weighted by molar-refractivity contribution is 5.49. The number of nitrogen functional groups attached to an aromatic ring is 1. The molecule has 0 saturated heterocycles. The summed E-state index contributed by atoms with van der Waals surface area (Å²) in [5, 5.41) is 0. The van der Waals surface area contributed by atoms with Crippen molar-refractivity contribution in [2.24, 2.45) is 0 Å². The molecule has 0 unspecified atom stereocenters. The molecule has 0 aliphatic carbocycles. The zero-order valence-corrected chi connectivity index (χ0v) is 10.8. The summed E-state index contributed by atoms with van der Waals surface area (Å²) in [5.74, 6) is 0.999. The standard InChI is InChI=1S/C12H21N3O2/c1-4-16-12-10(13)6-7-11(14-12)17-9-5-8-15(2)3/h6-7H,4-5,8-9,13H2,1-3H3. The van der Waals surface area contributed by atoms with Gasteiger partial charge in [-0.15, -0.1) is 0 Å². The maximum Gasteiger partial charge on any atom is 0.240 e. The van der Waals surface area contributed by atoms with Gasteiger partial charge < -0.3 is 20.1 Å². The summed E-state index contributed by atoms with van der Waals surface area (Å²) in [6.45, 7) is 4.07. The first-order valence-electron chi connectivity index (χ1n) is 5.80. The Morgan fingerprint density at radius 1 is 1.29 bits per heavy atom. The topological polar surface area (TPSA) is 60.6 Å². The molecule has 0 aliphatic heterocycles. The number of rotatable bonds is 7. The van der Waals surface area contributed by atoms with Gasteiger partial charge >= 0.3 is 0 Å². The second kappa shape index (κ2) is 6.96. The van der Waals surface area contributed by atoms with Crippen LogP contribution in [-0.2, 0) is 0 Å². The van der Waals surface area contributed by atoms with Crippen LogP contribution in [0.3, 0.4) is 0 Å². The molecule has 1 aromatic rings. The second-order valence-electron chi connectivity index (χ2n) is 3.98. The van der Waals surface area contributed by atoms with Crippen LogP contribution in [0.25, 0.3) is 0 Å². The van der Waals surface area contributed by atoms with Gasteiger partial charge in [0, 0.05) is 12.6 Å². The minimum absolute atomic E-state index is 0.442. The van der Waals surface area contributed by atoms with Crippen LogP contribution in [0.2, 0.25) is 0 Å². The van der Waals surface area contributed by atoms with E-state index < -0.39 is 0 Å². The molecule has 0 atom stereocenters. The highest BCUT2D eigenvalue weighted by Gasteiger charge is 2.04. The first kappa shape index (κ1) is 13.6. The van der Waals surface area contributed by atoms with Crippen molar-refractivity contribution in [1.82, 2.24) is 9.88 Å². The Kier molecular flexibility index (Phi) is 5.56. The molecule has 0 aromatic carbocycles. The van der Waals surface area contributed by atoms with Crippen LogP contribution in [0.1, 0.15) is 13.3 Å². The summed E-state index contributed by atoms with van der Waals surface area (Å²) in [6.07, 6.45) is 0.961. The van der Waals surface area contributed by atoms with Gasteiger partial charge in [0.05, 0.1) is 18.9 Å². The monoisotopic (exact) mass is 239 g/mol. The van der Waals surface area contributed by atoms with Crippen molar-refractivity contribution in [3.63, 3.8) is 0 Å². The molecular weight excluding hydrogens is 218 g/mol. The van der Waals surface area contributed by atoms with Gasteiger partial charge in [0.1, 0.15) is 0 Å². The predicted octanol–water partition coefficient (Wildman–Crippen LogP) is 1.39. The molecule has 5 heteroatoms. The third-order valence-electron chi connectivity index (χ3n) is 2.14. The van der Waals surface area contributed by atoms with Crippen LogP contribution < -0.4 is 15.2 Å². The number of aromatic nitrogens is 1. The van der Waals surface area contributed by atoms with Crippen LogP contribution in [0.5, 0.6) is 11.8 Å². The molecule has 0 amide bonds. The molecule has 0 aliphatic rings. The summed E-state index contributed by atoms with van der Waals surface area (Å²) in [5.41, 5.74) is 6.26. The summed E-state index contributed by atoms with van der Waals surface area (Å²) in [7, 11) is 4.07. The molecule has 0 radical (unpaired) electrons. The molecule has 0 fully saturated rings. The van der Waals surface area contributed by atoms with E-state index in [1.807, 2.05) is 21.0 Å². The average molecular weight is 239 g/mol. The third kappa shape index (κ3) is 4.91. The molecule has 1 rings (SSSR count). The minimum Gasteiger partial charge on any atom is -0.478 e. The van der Waals surface area contributed by atoms with Crippen molar-refractivity contribution >= 4 is 5.69 Å². The molecule has 0 bridgehead atoms. The van der Waals surface area contributed by atoms with E-state index in [4.69, 9.17) is 15.2 Å². The lowest BCUT2D eigenvalue weighted by Crippen LogP contribution is -2.15. The van der Waals surface area contributed by atoms with Gasteiger partial charge in [-0.2, -0.15) is 4.98 Å². The summed E-state index contributed by atoms with van der Waals surface area (Å²) < 4.78 is 10.8. The van der Waals surface area contributed by atoms with Crippen molar-refractivity contribution in [1.29, 1.82) is 0 Å². The molecule has 1 heterocycles. The fraction of sp³-hybridized carbons (Fsp3) is 0.583.